The van der Waals surface area contributed by atoms with Gasteiger partial charge in [-0.1, -0.05) is 60.7 Å². The number of hydrogen-bond donors (Lipinski definition) is 0. The number of methoxy groups -OCH3 is 1. The molecule has 6 heteroatoms. The number of ether oxygens (including phenoxy) is 1. The van der Waals surface area contributed by atoms with Crippen LogP contribution in [-0.4, -0.2) is 44.2 Å². The molecule has 2 bridgehead atoms. The summed E-state index contributed by atoms with van der Waals surface area (Å²) in [6.07, 6.45) is -2.36. The summed E-state index contributed by atoms with van der Waals surface area (Å²) in [7, 11) is 3.75. The number of alkyl halides is 3. The van der Waals surface area contributed by atoms with Crippen LogP contribution in [0.5, 0.6) is 5.75 Å². The molecular weight excluding hydrogens is 449 g/mol. The molecule has 6 rings (SSSR count). The van der Waals surface area contributed by atoms with Crippen LogP contribution in [0, 0.1) is 5.92 Å². The quantitative estimate of drug-likeness (QED) is 0.403. The van der Waals surface area contributed by atoms with Crippen molar-refractivity contribution in [1.82, 2.24) is 4.90 Å². The van der Waals surface area contributed by atoms with E-state index >= 15 is 0 Å². The van der Waals surface area contributed by atoms with Crippen molar-refractivity contribution in [3.05, 3.63) is 95.6 Å². The van der Waals surface area contributed by atoms with E-state index in [0.29, 0.717) is 11.5 Å². The van der Waals surface area contributed by atoms with Gasteiger partial charge in [-0.05, 0) is 61.2 Å². The molecule has 3 aromatic carbocycles. The second kappa shape index (κ2) is 9.23. The number of benzene rings is 3. The Morgan fingerprint density at radius 3 is 2.20 bits per heavy atom. The lowest BCUT2D eigenvalue weighted by molar-refractivity contribution is -0.137. The minimum atomic E-state index is -4.39. The van der Waals surface area contributed by atoms with Gasteiger partial charge in [-0.25, -0.2) is 0 Å². The molecule has 0 N–H and O–H groups in total. The summed E-state index contributed by atoms with van der Waals surface area (Å²) >= 11 is 0. The first-order valence-corrected chi connectivity index (χ1v) is 12.2. The largest absolute Gasteiger partial charge is 0.495 e. The zero-order chi connectivity index (χ0) is 24.6. The van der Waals surface area contributed by atoms with Crippen LogP contribution in [0.2, 0.25) is 0 Å². The van der Waals surface area contributed by atoms with Crippen LogP contribution in [0.3, 0.4) is 0 Å². The molecule has 3 saturated heterocycles. The van der Waals surface area contributed by atoms with Crippen LogP contribution < -0.4 is 9.64 Å². The topological polar surface area (TPSA) is 15.7 Å². The minimum absolute atomic E-state index is 0.256. The van der Waals surface area contributed by atoms with E-state index in [2.05, 4.69) is 29.0 Å². The number of rotatable bonds is 6. The molecule has 3 heterocycles. The molecule has 35 heavy (non-hydrogen) atoms. The Labute approximate surface area is 205 Å². The molecule has 3 nitrogen and oxygen atoms in total. The first-order valence-electron chi connectivity index (χ1n) is 12.2. The van der Waals surface area contributed by atoms with Gasteiger partial charge in [0.2, 0.25) is 0 Å². The fourth-order valence-electron chi connectivity index (χ4n) is 6.42. The molecule has 184 valence electrons. The molecule has 3 aromatic rings. The Hall–Kier alpha value is -2.99. The van der Waals surface area contributed by atoms with Crippen molar-refractivity contribution in [3.63, 3.8) is 0 Å². The maximum Gasteiger partial charge on any atom is 0.416 e. The standard InChI is InChI=1S/C29H31F3N2O/c1-33(25-13-6-7-14-26(25)35-2)28(20-34-17-15-23(28)16-18-34)27(21-9-4-3-5-10-21)22-11-8-12-24(19-22)29(30,31)32/h3-14,19,23,27H,15-18,20H2,1-2H3/t27-,28-/m1/s1. The van der Waals surface area contributed by atoms with Crippen LogP contribution in [-0.2, 0) is 6.18 Å². The smallest absolute Gasteiger partial charge is 0.416 e. The van der Waals surface area contributed by atoms with Crippen molar-refractivity contribution in [2.24, 2.45) is 5.92 Å². The van der Waals surface area contributed by atoms with E-state index in [1.165, 1.54) is 12.1 Å². The highest BCUT2D eigenvalue weighted by atomic mass is 19.4. The number of piperidine rings is 3. The highest BCUT2D eigenvalue weighted by Crippen LogP contribution is 2.53. The molecule has 3 aliphatic heterocycles. The molecule has 0 aromatic heterocycles. The number of fused-ring (bicyclic) bond motifs is 3. The normalized spacial score (nSPS) is 24.7. The van der Waals surface area contributed by atoms with E-state index in [4.69, 9.17) is 4.74 Å². The lowest BCUT2D eigenvalue weighted by Crippen LogP contribution is -2.69. The van der Waals surface area contributed by atoms with E-state index in [1.54, 1.807) is 13.2 Å². The van der Waals surface area contributed by atoms with Gasteiger partial charge in [0.1, 0.15) is 5.75 Å². The number of hydrogen-bond acceptors (Lipinski definition) is 3. The average molecular weight is 481 g/mol. The first-order chi connectivity index (χ1) is 16.8. The zero-order valence-corrected chi connectivity index (χ0v) is 20.1. The molecule has 3 fully saturated rings. The molecular formula is C29H31F3N2O. The summed E-state index contributed by atoms with van der Waals surface area (Å²) in [5, 5.41) is 0. The molecule has 0 spiro atoms. The number of halogens is 3. The van der Waals surface area contributed by atoms with Gasteiger partial charge in [-0.3, -0.25) is 0 Å². The molecule has 0 radical (unpaired) electrons. The predicted molar refractivity (Wildman–Crippen MR) is 133 cm³/mol. The Balaban J connectivity index is 1.75. The third kappa shape index (κ3) is 4.18. The maximum absolute atomic E-state index is 13.8. The summed E-state index contributed by atoms with van der Waals surface area (Å²) in [5.74, 6) is 0.831. The minimum Gasteiger partial charge on any atom is -0.495 e. The van der Waals surface area contributed by atoms with E-state index in [0.717, 1.165) is 49.5 Å². The summed E-state index contributed by atoms with van der Waals surface area (Å²) in [6, 6.07) is 23.9. The van der Waals surface area contributed by atoms with E-state index < -0.39 is 17.3 Å². The Morgan fingerprint density at radius 1 is 0.914 bits per heavy atom. The number of likely N-dealkylation sites (N-methyl/N-ethyl adjacent to an activating group) is 1. The third-order valence-corrected chi connectivity index (χ3v) is 8.02. The summed E-state index contributed by atoms with van der Waals surface area (Å²) < 4.78 is 47.2. The van der Waals surface area contributed by atoms with Crippen LogP contribution in [0.15, 0.2) is 78.9 Å². The van der Waals surface area contributed by atoms with Crippen molar-refractivity contribution >= 4 is 5.69 Å². The van der Waals surface area contributed by atoms with Gasteiger partial charge in [0.15, 0.2) is 0 Å². The lowest BCUT2D eigenvalue weighted by Gasteiger charge is -2.61. The maximum atomic E-state index is 13.8. The van der Waals surface area contributed by atoms with Crippen molar-refractivity contribution in [2.75, 3.05) is 38.7 Å². The molecule has 0 amide bonds. The molecule has 3 aliphatic rings. The van der Waals surface area contributed by atoms with E-state index in [-0.39, 0.29) is 5.92 Å². The predicted octanol–water partition coefficient (Wildman–Crippen LogP) is 6.45. The van der Waals surface area contributed by atoms with E-state index in [9.17, 15) is 13.2 Å². The number of nitrogens with zero attached hydrogens (tertiary/aromatic N) is 2. The fourth-order valence-corrected chi connectivity index (χ4v) is 6.42. The average Bonchev–Trinajstić information content (AvgIpc) is 2.89. The second-order valence-electron chi connectivity index (χ2n) is 9.74. The van der Waals surface area contributed by atoms with E-state index in [1.807, 2.05) is 48.5 Å². The van der Waals surface area contributed by atoms with Crippen LogP contribution in [0.4, 0.5) is 18.9 Å². The van der Waals surface area contributed by atoms with Crippen molar-refractivity contribution in [2.45, 2.75) is 30.5 Å². The Kier molecular flexibility index (Phi) is 6.26. The van der Waals surface area contributed by atoms with Crippen molar-refractivity contribution in [3.8, 4) is 5.75 Å². The fraction of sp³-hybridized carbons (Fsp3) is 0.379. The van der Waals surface area contributed by atoms with Gasteiger partial charge < -0.3 is 14.5 Å². The van der Waals surface area contributed by atoms with Gasteiger partial charge >= 0.3 is 6.18 Å². The SMILES string of the molecule is COc1ccccc1N(C)[C@]1([C@H](c2ccccc2)c2cccc(C(F)(F)F)c2)CN2CCC1CC2. The molecule has 0 aliphatic carbocycles. The van der Waals surface area contributed by atoms with Gasteiger partial charge in [0.25, 0.3) is 0 Å². The van der Waals surface area contributed by atoms with Crippen LogP contribution in [0.25, 0.3) is 0 Å². The monoisotopic (exact) mass is 480 g/mol. The van der Waals surface area contributed by atoms with Crippen LogP contribution >= 0.6 is 0 Å². The summed E-state index contributed by atoms with van der Waals surface area (Å²) in [4.78, 5) is 4.77. The van der Waals surface area contributed by atoms with Gasteiger partial charge in [0.05, 0.1) is 23.9 Å². The Morgan fingerprint density at radius 2 is 1.57 bits per heavy atom. The highest BCUT2D eigenvalue weighted by molar-refractivity contribution is 5.62. The molecule has 0 unspecified atom stereocenters. The third-order valence-electron chi connectivity index (χ3n) is 8.02. The lowest BCUT2D eigenvalue weighted by atomic mass is 9.61. The molecule has 0 saturated carbocycles. The Bertz CT molecular complexity index is 1160. The van der Waals surface area contributed by atoms with Gasteiger partial charge in [0, 0.05) is 19.5 Å². The highest BCUT2D eigenvalue weighted by Gasteiger charge is 2.55. The number of anilines is 1. The number of para-hydroxylation sites is 2. The zero-order valence-electron chi connectivity index (χ0n) is 20.1. The van der Waals surface area contributed by atoms with Crippen molar-refractivity contribution < 1.29 is 17.9 Å². The molecule has 2 atom stereocenters. The van der Waals surface area contributed by atoms with Crippen molar-refractivity contribution in [1.29, 1.82) is 0 Å². The second-order valence-corrected chi connectivity index (χ2v) is 9.74. The van der Waals surface area contributed by atoms with Gasteiger partial charge in [-0.2, -0.15) is 13.2 Å². The summed E-state index contributed by atoms with van der Waals surface area (Å²) in [6.45, 7) is 2.83. The first kappa shape index (κ1) is 23.7. The summed E-state index contributed by atoms with van der Waals surface area (Å²) in [5.41, 5.74) is 1.63. The van der Waals surface area contributed by atoms with Crippen LogP contribution in [0.1, 0.15) is 35.4 Å². The van der Waals surface area contributed by atoms with Gasteiger partial charge in [-0.15, -0.1) is 0 Å².